The van der Waals surface area contributed by atoms with Crippen LogP contribution in [0.15, 0.2) is 30.6 Å². The van der Waals surface area contributed by atoms with Crippen molar-refractivity contribution in [3.8, 4) is 0 Å². The summed E-state index contributed by atoms with van der Waals surface area (Å²) in [5, 5.41) is 3.02. The summed E-state index contributed by atoms with van der Waals surface area (Å²) in [7, 11) is 0. The highest BCUT2D eigenvalue weighted by molar-refractivity contribution is 5.89. The van der Waals surface area contributed by atoms with Gasteiger partial charge in [0.2, 0.25) is 0 Å². The number of aryl methyl sites for hydroxylation is 2. The Balaban J connectivity index is 1.35. The lowest BCUT2D eigenvalue weighted by Gasteiger charge is -2.36. The van der Waals surface area contributed by atoms with Crippen LogP contribution in [0, 0.1) is 13.8 Å². The number of piperazine rings is 1. The second-order valence-electron chi connectivity index (χ2n) is 7.61. The number of aromatic nitrogens is 2. The van der Waals surface area contributed by atoms with E-state index < -0.39 is 0 Å². The number of nitrogens with zero attached hydrogens (tertiary/aromatic N) is 5. The number of urea groups is 1. The Morgan fingerprint density at radius 3 is 2.07 bits per heavy atom. The minimum atomic E-state index is -0.0497. The number of anilines is 3. The predicted molar refractivity (Wildman–Crippen MR) is 114 cm³/mol. The molecule has 0 atom stereocenters. The first kappa shape index (κ1) is 19.4. The van der Waals surface area contributed by atoms with Gasteiger partial charge >= 0.3 is 6.03 Å². The average Bonchev–Trinajstić information content (AvgIpc) is 2.74. The van der Waals surface area contributed by atoms with Gasteiger partial charge in [-0.25, -0.2) is 14.8 Å². The number of morpholine rings is 1. The number of benzene rings is 1. The third-order valence-corrected chi connectivity index (χ3v) is 5.34. The molecule has 29 heavy (non-hydrogen) atoms. The van der Waals surface area contributed by atoms with Crippen molar-refractivity contribution in [1.82, 2.24) is 14.9 Å². The SMILES string of the molecule is Cc1cc(C)cc(NC(=O)N2CCN(c3cc(N4CCOCC4)ncn3)CC2)c1. The molecular weight excluding hydrogens is 368 g/mol. The highest BCUT2D eigenvalue weighted by Gasteiger charge is 2.23. The zero-order valence-corrected chi connectivity index (χ0v) is 17.1. The predicted octanol–water partition coefficient (Wildman–Crippen LogP) is 2.28. The van der Waals surface area contributed by atoms with Crippen molar-refractivity contribution in [3.63, 3.8) is 0 Å². The van der Waals surface area contributed by atoms with Crippen LogP contribution >= 0.6 is 0 Å². The molecule has 0 aliphatic carbocycles. The van der Waals surface area contributed by atoms with E-state index in [4.69, 9.17) is 4.74 Å². The third-order valence-electron chi connectivity index (χ3n) is 5.34. The van der Waals surface area contributed by atoms with Crippen molar-refractivity contribution in [3.05, 3.63) is 41.7 Å². The number of carbonyl (C=O) groups is 1. The molecule has 1 aromatic heterocycles. The lowest BCUT2D eigenvalue weighted by molar-refractivity contribution is 0.122. The van der Waals surface area contributed by atoms with Crippen LogP contribution in [0.2, 0.25) is 0 Å². The molecule has 8 heteroatoms. The van der Waals surface area contributed by atoms with Gasteiger partial charge in [0.15, 0.2) is 0 Å². The van der Waals surface area contributed by atoms with E-state index in [-0.39, 0.29) is 6.03 Å². The smallest absolute Gasteiger partial charge is 0.321 e. The average molecular weight is 396 g/mol. The van der Waals surface area contributed by atoms with E-state index in [0.29, 0.717) is 13.1 Å². The molecule has 0 bridgehead atoms. The number of hydrogen-bond acceptors (Lipinski definition) is 6. The number of hydrogen-bond donors (Lipinski definition) is 1. The van der Waals surface area contributed by atoms with E-state index in [0.717, 1.165) is 67.8 Å². The summed E-state index contributed by atoms with van der Waals surface area (Å²) in [6, 6.07) is 8.08. The minimum Gasteiger partial charge on any atom is -0.378 e. The summed E-state index contributed by atoms with van der Waals surface area (Å²) in [5.74, 6) is 1.85. The summed E-state index contributed by atoms with van der Waals surface area (Å²) < 4.78 is 5.42. The first-order valence-corrected chi connectivity index (χ1v) is 10.1. The molecule has 2 fully saturated rings. The van der Waals surface area contributed by atoms with Crippen molar-refractivity contribution in [2.45, 2.75) is 13.8 Å². The van der Waals surface area contributed by atoms with Crippen LogP contribution in [0.1, 0.15) is 11.1 Å². The molecule has 0 radical (unpaired) electrons. The normalized spacial score (nSPS) is 17.4. The fourth-order valence-corrected chi connectivity index (χ4v) is 3.86. The maximum atomic E-state index is 12.6. The van der Waals surface area contributed by atoms with Gasteiger partial charge in [-0.1, -0.05) is 6.07 Å². The zero-order chi connectivity index (χ0) is 20.2. The van der Waals surface area contributed by atoms with E-state index in [9.17, 15) is 4.79 Å². The molecule has 154 valence electrons. The molecule has 2 aliphatic heterocycles. The number of nitrogens with one attached hydrogen (secondary N) is 1. The van der Waals surface area contributed by atoms with Gasteiger partial charge in [0.05, 0.1) is 13.2 Å². The monoisotopic (exact) mass is 396 g/mol. The van der Waals surface area contributed by atoms with Crippen LogP contribution in [0.5, 0.6) is 0 Å². The molecule has 4 rings (SSSR count). The van der Waals surface area contributed by atoms with Gasteiger partial charge in [-0.15, -0.1) is 0 Å². The van der Waals surface area contributed by atoms with Crippen molar-refractivity contribution >= 4 is 23.4 Å². The lowest BCUT2D eigenvalue weighted by atomic mass is 10.1. The summed E-state index contributed by atoms with van der Waals surface area (Å²) in [6.45, 7) is 10.1. The van der Waals surface area contributed by atoms with Gasteiger partial charge in [0.25, 0.3) is 0 Å². The highest BCUT2D eigenvalue weighted by atomic mass is 16.5. The molecule has 2 saturated heterocycles. The Hall–Kier alpha value is -2.87. The van der Waals surface area contributed by atoms with Crippen LogP contribution < -0.4 is 15.1 Å². The van der Waals surface area contributed by atoms with E-state index in [1.807, 2.05) is 36.9 Å². The fraction of sp³-hybridized carbons (Fsp3) is 0.476. The number of carbonyl (C=O) groups excluding carboxylic acids is 1. The lowest BCUT2D eigenvalue weighted by Crippen LogP contribution is -2.50. The summed E-state index contributed by atoms with van der Waals surface area (Å²) >= 11 is 0. The third kappa shape index (κ3) is 4.76. The van der Waals surface area contributed by atoms with E-state index >= 15 is 0 Å². The fourth-order valence-electron chi connectivity index (χ4n) is 3.86. The number of rotatable bonds is 3. The molecule has 2 aromatic rings. The Bertz CT molecular complexity index is 840. The second kappa shape index (κ2) is 8.65. The molecule has 1 aromatic carbocycles. The highest BCUT2D eigenvalue weighted by Crippen LogP contribution is 2.20. The Labute approximate surface area is 171 Å². The van der Waals surface area contributed by atoms with Crippen molar-refractivity contribution in [1.29, 1.82) is 0 Å². The van der Waals surface area contributed by atoms with Crippen LogP contribution in [0.4, 0.5) is 22.1 Å². The van der Waals surface area contributed by atoms with Crippen molar-refractivity contribution in [2.24, 2.45) is 0 Å². The van der Waals surface area contributed by atoms with Crippen LogP contribution in [-0.4, -0.2) is 73.4 Å². The van der Waals surface area contributed by atoms with Gasteiger partial charge in [0.1, 0.15) is 18.0 Å². The topological polar surface area (TPSA) is 73.8 Å². The minimum absolute atomic E-state index is 0.0497. The molecule has 1 N–H and O–H groups in total. The van der Waals surface area contributed by atoms with Crippen molar-refractivity contribution < 1.29 is 9.53 Å². The first-order chi connectivity index (χ1) is 14.1. The Morgan fingerprint density at radius 2 is 1.45 bits per heavy atom. The van der Waals surface area contributed by atoms with Crippen LogP contribution in [-0.2, 0) is 4.74 Å². The molecular formula is C21H28N6O2. The van der Waals surface area contributed by atoms with Crippen LogP contribution in [0.25, 0.3) is 0 Å². The summed E-state index contributed by atoms with van der Waals surface area (Å²) in [5.41, 5.74) is 3.13. The maximum absolute atomic E-state index is 12.6. The molecule has 0 saturated carbocycles. The first-order valence-electron chi connectivity index (χ1n) is 10.1. The van der Waals surface area contributed by atoms with Gasteiger partial charge in [-0.2, -0.15) is 0 Å². The van der Waals surface area contributed by atoms with Gasteiger partial charge in [0, 0.05) is 51.0 Å². The second-order valence-corrected chi connectivity index (χ2v) is 7.61. The maximum Gasteiger partial charge on any atom is 0.321 e. The number of ether oxygens (including phenoxy) is 1. The van der Waals surface area contributed by atoms with Crippen molar-refractivity contribution in [2.75, 3.05) is 67.6 Å². The van der Waals surface area contributed by atoms with Gasteiger partial charge < -0.3 is 24.8 Å². The molecule has 2 amide bonds. The van der Waals surface area contributed by atoms with E-state index in [1.54, 1.807) is 6.33 Å². The summed E-state index contributed by atoms with van der Waals surface area (Å²) in [4.78, 5) is 27.8. The largest absolute Gasteiger partial charge is 0.378 e. The van der Waals surface area contributed by atoms with Gasteiger partial charge in [-0.3, -0.25) is 0 Å². The van der Waals surface area contributed by atoms with Gasteiger partial charge in [-0.05, 0) is 37.1 Å². The number of amides is 2. The molecule has 3 heterocycles. The molecule has 0 unspecified atom stereocenters. The Kier molecular flexibility index (Phi) is 5.80. The standard InChI is InChI=1S/C21H28N6O2/c1-16-11-17(2)13-18(12-16)24-21(28)27-5-3-25(4-6-27)19-14-20(23-15-22-19)26-7-9-29-10-8-26/h11-15H,3-10H2,1-2H3,(H,24,28). The zero-order valence-electron chi connectivity index (χ0n) is 17.1. The molecule has 0 spiro atoms. The van der Waals surface area contributed by atoms with E-state index in [2.05, 4.69) is 31.2 Å². The molecule has 8 nitrogen and oxygen atoms in total. The van der Waals surface area contributed by atoms with Crippen LogP contribution in [0.3, 0.4) is 0 Å². The Morgan fingerprint density at radius 1 is 0.862 bits per heavy atom. The quantitative estimate of drug-likeness (QED) is 0.858. The van der Waals surface area contributed by atoms with E-state index in [1.165, 1.54) is 0 Å². The molecule has 2 aliphatic rings. The summed E-state index contributed by atoms with van der Waals surface area (Å²) in [6.07, 6.45) is 1.62.